The fraction of sp³-hybridized carbons (Fsp3) is 0. The Morgan fingerprint density at radius 3 is 2.62 bits per heavy atom. The predicted octanol–water partition coefficient (Wildman–Crippen LogP) is 0.647. The van der Waals surface area contributed by atoms with E-state index in [1.54, 1.807) is 12.3 Å². The number of H-pyrrole nitrogens is 1. The van der Waals surface area contributed by atoms with Crippen LogP contribution in [0.4, 0.5) is 0 Å². The van der Waals surface area contributed by atoms with Crippen LogP contribution >= 0.6 is 25.7 Å². The molecule has 5 heteroatoms. The minimum absolute atomic E-state index is 0. The lowest BCUT2D eigenvalue weighted by Crippen LogP contribution is -1.81. The van der Waals surface area contributed by atoms with Crippen LogP contribution in [0, 0.1) is 4.64 Å². The van der Waals surface area contributed by atoms with Gasteiger partial charge in [-0.3, -0.25) is 0 Å². The Hall–Kier alpha value is -0.420. The molecule has 0 spiro atoms. The summed E-state index contributed by atoms with van der Waals surface area (Å²) >= 11 is 4.65. The van der Waals surface area contributed by atoms with Gasteiger partial charge in [-0.05, 0) is 6.07 Å². The van der Waals surface area contributed by atoms with Crippen LogP contribution in [-0.4, -0.2) is 15.4 Å². The van der Waals surface area contributed by atoms with Gasteiger partial charge in [-0.1, -0.05) is 17.4 Å². The highest BCUT2D eigenvalue weighted by Gasteiger charge is 1.67. The molecule has 0 aromatic carbocycles. The number of rotatable bonds is 0. The molecule has 0 saturated heterocycles. The Bertz CT molecular complexity index is 178. The molecule has 3 nitrogen and oxygen atoms in total. The number of aromatic nitrogens is 3. The lowest BCUT2D eigenvalue weighted by Gasteiger charge is -1.74. The lowest BCUT2D eigenvalue weighted by atomic mass is 10.7. The number of nitrogens with one attached hydrogen (secondary N) is 1. The molecule has 44 valence electrons. The van der Waals surface area contributed by atoms with Gasteiger partial charge < -0.3 is 0 Å². The van der Waals surface area contributed by atoms with Crippen molar-refractivity contribution in [3.63, 3.8) is 0 Å². The van der Waals surface area contributed by atoms with E-state index in [-0.39, 0.29) is 13.5 Å². The summed E-state index contributed by atoms with van der Waals surface area (Å²) in [5.41, 5.74) is 0. The second-order valence-electron chi connectivity index (χ2n) is 1.01. The summed E-state index contributed by atoms with van der Waals surface area (Å²) in [4.78, 5) is 0. The standard InChI is InChI=1S/C3H3N3S.H2S/c7-3-1-2-4-6-5-3;/h1-2H,(H,4,5,7);1H2. The number of hydrogen-bond acceptors (Lipinski definition) is 3. The molecule has 0 radical (unpaired) electrons. The zero-order valence-electron chi connectivity index (χ0n) is 3.96. The van der Waals surface area contributed by atoms with Crippen LogP contribution in [0.2, 0.25) is 0 Å². The topological polar surface area (TPSA) is 41.6 Å². The first kappa shape index (κ1) is 7.58. The van der Waals surface area contributed by atoms with Crippen molar-refractivity contribution in [2.24, 2.45) is 0 Å². The first-order valence-electron chi connectivity index (χ1n) is 1.76. The van der Waals surface area contributed by atoms with Crippen molar-refractivity contribution >= 4 is 25.7 Å². The van der Waals surface area contributed by atoms with E-state index in [2.05, 4.69) is 27.6 Å². The Morgan fingerprint density at radius 1 is 1.62 bits per heavy atom. The van der Waals surface area contributed by atoms with E-state index in [1.807, 2.05) is 0 Å². The van der Waals surface area contributed by atoms with Crippen LogP contribution in [0.3, 0.4) is 0 Å². The second-order valence-corrected chi connectivity index (χ2v) is 1.45. The summed E-state index contributed by atoms with van der Waals surface area (Å²) < 4.78 is 0.606. The van der Waals surface area contributed by atoms with Crippen molar-refractivity contribution in [1.82, 2.24) is 15.4 Å². The minimum atomic E-state index is 0. The molecule has 0 amide bonds. The largest absolute Gasteiger partial charge is 0.249 e. The van der Waals surface area contributed by atoms with Gasteiger partial charge in [-0.25, -0.2) is 5.10 Å². The van der Waals surface area contributed by atoms with E-state index in [9.17, 15) is 0 Å². The van der Waals surface area contributed by atoms with Crippen LogP contribution < -0.4 is 0 Å². The summed E-state index contributed by atoms with van der Waals surface area (Å²) in [6.07, 6.45) is 1.54. The molecule has 1 heterocycles. The monoisotopic (exact) mass is 147 g/mol. The van der Waals surface area contributed by atoms with Crippen molar-refractivity contribution in [3.8, 4) is 0 Å². The van der Waals surface area contributed by atoms with E-state index in [0.29, 0.717) is 4.64 Å². The summed E-state index contributed by atoms with van der Waals surface area (Å²) in [6.45, 7) is 0. The molecular formula is C3H5N3S2. The summed E-state index contributed by atoms with van der Waals surface area (Å²) in [7, 11) is 0. The molecule has 0 aliphatic heterocycles. The quantitative estimate of drug-likeness (QED) is 0.548. The third-order valence-corrected chi connectivity index (χ3v) is 0.738. The Labute approximate surface area is 58.6 Å². The van der Waals surface area contributed by atoms with Crippen molar-refractivity contribution in [2.45, 2.75) is 0 Å². The molecule has 8 heavy (non-hydrogen) atoms. The van der Waals surface area contributed by atoms with Gasteiger partial charge in [0.15, 0.2) is 0 Å². The van der Waals surface area contributed by atoms with Crippen molar-refractivity contribution in [1.29, 1.82) is 0 Å². The zero-order valence-corrected chi connectivity index (χ0v) is 5.77. The van der Waals surface area contributed by atoms with E-state index in [1.165, 1.54) is 0 Å². The van der Waals surface area contributed by atoms with Crippen LogP contribution in [-0.2, 0) is 0 Å². The second kappa shape index (κ2) is 3.57. The molecule has 1 aromatic heterocycles. The molecule has 0 aliphatic carbocycles. The minimum Gasteiger partial charge on any atom is -0.249 e. The maximum absolute atomic E-state index is 4.65. The predicted molar refractivity (Wildman–Crippen MR) is 37.6 cm³/mol. The lowest BCUT2D eigenvalue weighted by molar-refractivity contribution is 0.856. The summed E-state index contributed by atoms with van der Waals surface area (Å²) in [6, 6.07) is 1.67. The molecule has 1 N–H and O–H groups in total. The fourth-order valence-electron chi connectivity index (χ4n) is 0.250. The Balaban J connectivity index is 0.000000490. The van der Waals surface area contributed by atoms with Gasteiger partial charge in [0.05, 0.1) is 6.20 Å². The third kappa shape index (κ3) is 2.04. The molecule has 0 atom stereocenters. The first-order valence-corrected chi connectivity index (χ1v) is 2.17. The molecule has 1 aromatic rings. The average molecular weight is 147 g/mol. The van der Waals surface area contributed by atoms with E-state index in [4.69, 9.17) is 0 Å². The van der Waals surface area contributed by atoms with Gasteiger partial charge in [0, 0.05) is 0 Å². The van der Waals surface area contributed by atoms with Gasteiger partial charge in [0.25, 0.3) is 0 Å². The average Bonchev–Trinajstić information content (AvgIpc) is 1.69. The highest BCUT2D eigenvalue weighted by molar-refractivity contribution is 7.71. The number of hydrogen-bond donors (Lipinski definition) is 1. The van der Waals surface area contributed by atoms with Gasteiger partial charge in [0.2, 0.25) is 0 Å². The first-order chi connectivity index (χ1) is 3.39. The van der Waals surface area contributed by atoms with Crippen LogP contribution in [0.1, 0.15) is 0 Å². The number of aromatic amines is 1. The van der Waals surface area contributed by atoms with Gasteiger partial charge in [-0.2, -0.15) is 13.5 Å². The van der Waals surface area contributed by atoms with Gasteiger partial charge in [0.1, 0.15) is 4.64 Å². The van der Waals surface area contributed by atoms with E-state index in [0.717, 1.165) is 0 Å². The molecule has 0 unspecified atom stereocenters. The third-order valence-electron chi connectivity index (χ3n) is 0.511. The summed E-state index contributed by atoms with van der Waals surface area (Å²) in [5.74, 6) is 0. The molecular weight excluding hydrogens is 142 g/mol. The highest BCUT2D eigenvalue weighted by atomic mass is 32.1. The molecule has 1 rings (SSSR count). The molecule has 0 fully saturated rings. The normalized spacial score (nSPS) is 7.50. The van der Waals surface area contributed by atoms with Gasteiger partial charge in [-0.15, -0.1) is 5.10 Å². The van der Waals surface area contributed by atoms with Crippen molar-refractivity contribution < 1.29 is 0 Å². The van der Waals surface area contributed by atoms with Crippen LogP contribution in [0.5, 0.6) is 0 Å². The zero-order chi connectivity index (χ0) is 5.11. The van der Waals surface area contributed by atoms with E-state index < -0.39 is 0 Å². The smallest absolute Gasteiger partial charge is 0.122 e. The van der Waals surface area contributed by atoms with Crippen LogP contribution in [0.25, 0.3) is 0 Å². The van der Waals surface area contributed by atoms with Crippen molar-refractivity contribution in [3.05, 3.63) is 16.9 Å². The van der Waals surface area contributed by atoms with Gasteiger partial charge >= 0.3 is 0 Å². The maximum Gasteiger partial charge on any atom is 0.122 e. The maximum atomic E-state index is 4.65. The molecule has 0 bridgehead atoms. The molecule has 0 aliphatic rings. The fourth-order valence-corrected chi connectivity index (χ4v) is 0.351. The van der Waals surface area contributed by atoms with Crippen molar-refractivity contribution in [2.75, 3.05) is 0 Å². The van der Waals surface area contributed by atoms with E-state index >= 15 is 0 Å². The number of nitrogens with zero attached hydrogens (tertiary/aromatic N) is 2. The molecule has 0 saturated carbocycles. The van der Waals surface area contributed by atoms with Crippen LogP contribution in [0.15, 0.2) is 12.3 Å². The summed E-state index contributed by atoms with van der Waals surface area (Å²) in [5, 5.41) is 9.36. The highest BCUT2D eigenvalue weighted by Crippen LogP contribution is 1.72. The Kier molecular flexibility index (Phi) is 3.38. The SMILES string of the molecule is S.S=c1ccnn[nH]1. The Morgan fingerprint density at radius 2 is 2.38 bits per heavy atom.